The predicted octanol–water partition coefficient (Wildman–Crippen LogP) is 3.49. The first kappa shape index (κ1) is 18.7. The van der Waals surface area contributed by atoms with Crippen molar-refractivity contribution in [3.05, 3.63) is 71.3 Å². The van der Waals surface area contributed by atoms with Crippen molar-refractivity contribution in [3.8, 4) is 0 Å². The van der Waals surface area contributed by atoms with Crippen LogP contribution in [0.3, 0.4) is 0 Å². The molecular formula is C23H31N2O+. The SMILES string of the molecule is Cc1ccc([C@@H]([NH2+][C@@H](C)C(=O)NC2CCCCC2)c2ccccc2)cc1. The molecule has 3 rings (SSSR count). The lowest BCUT2D eigenvalue weighted by Gasteiger charge is -2.25. The van der Waals surface area contributed by atoms with Crippen molar-refractivity contribution >= 4 is 5.91 Å². The van der Waals surface area contributed by atoms with Gasteiger partial charge in [0.05, 0.1) is 0 Å². The molecule has 1 aliphatic rings. The number of quaternary nitrogens is 1. The second-order valence-electron chi connectivity index (χ2n) is 7.62. The molecule has 1 amide bonds. The molecular weight excluding hydrogens is 320 g/mol. The second-order valence-corrected chi connectivity index (χ2v) is 7.62. The lowest BCUT2D eigenvalue weighted by atomic mass is 9.95. The van der Waals surface area contributed by atoms with Gasteiger partial charge >= 0.3 is 0 Å². The van der Waals surface area contributed by atoms with Crippen LogP contribution in [-0.4, -0.2) is 18.0 Å². The van der Waals surface area contributed by atoms with E-state index in [2.05, 4.69) is 66.1 Å². The molecule has 3 heteroatoms. The maximum atomic E-state index is 12.7. The van der Waals surface area contributed by atoms with Crippen LogP contribution in [0.25, 0.3) is 0 Å². The maximum absolute atomic E-state index is 12.7. The minimum Gasteiger partial charge on any atom is -0.348 e. The number of nitrogens with two attached hydrogens (primary N) is 1. The predicted molar refractivity (Wildman–Crippen MR) is 106 cm³/mol. The summed E-state index contributed by atoms with van der Waals surface area (Å²) in [5.74, 6) is 0.157. The summed E-state index contributed by atoms with van der Waals surface area (Å²) >= 11 is 0. The quantitative estimate of drug-likeness (QED) is 0.822. The summed E-state index contributed by atoms with van der Waals surface area (Å²) in [6, 6.07) is 19.5. The van der Waals surface area contributed by atoms with Gasteiger partial charge in [-0.05, 0) is 26.7 Å². The summed E-state index contributed by atoms with van der Waals surface area (Å²) in [7, 11) is 0. The van der Waals surface area contributed by atoms with Gasteiger partial charge in [-0.3, -0.25) is 4.79 Å². The van der Waals surface area contributed by atoms with Crippen molar-refractivity contribution in [3.63, 3.8) is 0 Å². The first-order chi connectivity index (χ1) is 12.6. The zero-order chi connectivity index (χ0) is 18.4. The van der Waals surface area contributed by atoms with E-state index >= 15 is 0 Å². The Morgan fingerprint density at radius 3 is 2.23 bits per heavy atom. The van der Waals surface area contributed by atoms with E-state index < -0.39 is 0 Å². The van der Waals surface area contributed by atoms with E-state index in [-0.39, 0.29) is 18.0 Å². The molecule has 0 saturated heterocycles. The Morgan fingerprint density at radius 1 is 0.962 bits per heavy atom. The average Bonchev–Trinajstić information content (AvgIpc) is 2.68. The van der Waals surface area contributed by atoms with Gasteiger partial charge in [0.25, 0.3) is 5.91 Å². The highest BCUT2D eigenvalue weighted by molar-refractivity contribution is 5.80. The van der Waals surface area contributed by atoms with E-state index in [4.69, 9.17) is 0 Å². The van der Waals surface area contributed by atoms with Crippen molar-refractivity contribution < 1.29 is 10.1 Å². The molecule has 3 nitrogen and oxygen atoms in total. The zero-order valence-corrected chi connectivity index (χ0v) is 15.9. The summed E-state index contributed by atoms with van der Waals surface area (Å²) in [5, 5.41) is 5.46. The van der Waals surface area contributed by atoms with E-state index in [0.29, 0.717) is 6.04 Å². The highest BCUT2D eigenvalue weighted by Gasteiger charge is 2.26. The number of rotatable bonds is 6. The fourth-order valence-corrected chi connectivity index (χ4v) is 3.80. The molecule has 0 heterocycles. The van der Waals surface area contributed by atoms with Gasteiger partial charge in [0.15, 0.2) is 6.04 Å². The van der Waals surface area contributed by atoms with Crippen molar-refractivity contribution in [2.24, 2.45) is 0 Å². The number of benzene rings is 2. The summed E-state index contributed by atoms with van der Waals surface area (Å²) in [5.41, 5.74) is 3.72. The zero-order valence-electron chi connectivity index (χ0n) is 15.9. The topological polar surface area (TPSA) is 45.7 Å². The summed E-state index contributed by atoms with van der Waals surface area (Å²) in [6.45, 7) is 4.12. The van der Waals surface area contributed by atoms with Crippen LogP contribution < -0.4 is 10.6 Å². The molecule has 2 atom stereocenters. The second kappa shape index (κ2) is 9.00. The number of hydrogen-bond acceptors (Lipinski definition) is 1. The van der Waals surface area contributed by atoms with Gasteiger partial charge < -0.3 is 10.6 Å². The molecule has 1 fully saturated rings. The van der Waals surface area contributed by atoms with E-state index in [1.54, 1.807) is 0 Å². The third-order valence-electron chi connectivity index (χ3n) is 5.44. The lowest BCUT2D eigenvalue weighted by Crippen LogP contribution is -2.93. The smallest absolute Gasteiger partial charge is 0.278 e. The summed E-state index contributed by atoms with van der Waals surface area (Å²) < 4.78 is 0. The van der Waals surface area contributed by atoms with Crippen molar-refractivity contribution in [2.45, 2.75) is 64.1 Å². The highest BCUT2D eigenvalue weighted by atomic mass is 16.2. The maximum Gasteiger partial charge on any atom is 0.278 e. The molecule has 0 aliphatic heterocycles. The summed E-state index contributed by atoms with van der Waals surface area (Å²) in [4.78, 5) is 12.7. The summed E-state index contributed by atoms with van der Waals surface area (Å²) in [6.07, 6.45) is 6.02. The van der Waals surface area contributed by atoms with Gasteiger partial charge in [-0.1, -0.05) is 79.4 Å². The van der Waals surface area contributed by atoms with Gasteiger partial charge in [-0.15, -0.1) is 0 Å². The Kier molecular flexibility index (Phi) is 6.45. The van der Waals surface area contributed by atoms with Crippen LogP contribution >= 0.6 is 0 Å². The highest BCUT2D eigenvalue weighted by Crippen LogP contribution is 2.19. The molecule has 0 spiro atoms. The minimum atomic E-state index is -0.122. The Labute approximate surface area is 157 Å². The molecule has 26 heavy (non-hydrogen) atoms. The van der Waals surface area contributed by atoms with Gasteiger partial charge in [-0.25, -0.2) is 0 Å². The standard InChI is InChI=1S/C23H30N2O/c1-17-13-15-20(16-14-17)22(19-9-5-3-6-10-19)24-18(2)23(26)25-21-11-7-4-8-12-21/h3,5-6,9-10,13-16,18,21-22,24H,4,7-8,11-12H2,1-2H3,(H,25,26)/p+1/t18-,22-/m0/s1. The fraction of sp³-hybridized carbons (Fsp3) is 0.435. The van der Waals surface area contributed by atoms with Gasteiger partial charge in [0, 0.05) is 17.2 Å². The van der Waals surface area contributed by atoms with Crippen molar-refractivity contribution in [1.29, 1.82) is 0 Å². The molecule has 0 aromatic heterocycles. The van der Waals surface area contributed by atoms with Crippen molar-refractivity contribution in [1.82, 2.24) is 5.32 Å². The van der Waals surface area contributed by atoms with Crippen LogP contribution in [-0.2, 0) is 4.79 Å². The van der Waals surface area contributed by atoms with E-state index in [0.717, 1.165) is 12.8 Å². The van der Waals surface area contributed by atoms with E-state index in [9.17, 15) is 4.79 Å². The Hall–Kier alpha value is -2.13. The third kappa shape index (κ3) is 4.95. The molecule has 0 radical (unpaired) electrons. The first-order valence-corrected chi connectivity index (χ1v) is 9.90. The van der Waals surface area contributed by atoms with Gasteiger partial charge in [0.1, 0.15) is 6.04 Å². The molecule has 1 saturated carbocycles. The average molecular weight is 352 g/mol. The Balaban J connectivity index is 1.72. The lowest BCUT2D eigenvalue weighted by molar-refractivity contribution is -0.704. The van der Waals surface area contributed by atoms with Crippen LogP contribution in [0.15, 0.2) is 54.6 Å². The van der Waals surface area contributed by atoms with Crippen LogP contribution in [0.2, 0.25) is 0 Å². The Morgan fingerprint density at radius 2 is 1.58 bits per heavy atom. The monoisotopic (exact) mass is 351 g/mol. The number of amides is 1. The van der Waals surface area contributed by atoms with Crippen LogP contribution in [0.5, 0.6) is 0 Å². The molecule has 2 aromatic rings. The number of aryl methyl sites for hydroxylation is 1. The Bertz CT molecular complexity index is 690. The fourth-order valence-electron chi connectivity index (χ4n) is 3.80. The largest absolute Gasteiger partial charge is 0.348 e. The van der Waals surface area contributed by atoms with Gasteiger partial charge in [-0.2, -0.15) is 0 Å². The normalized spacial score (nSPS) is 17.5. The molecule has 2 aromatic carbocycles. The van der Waals surface area contributed by atoms with E-state index in [1.165, 1.54) is 36.0 Å². The minimum absolute atomic E-state index is 0.122. The molecule has 0 unspecified atom stereocenters. The molecule has 138 valence electrons. The van der Waals surface area contributed by atoms with Crippen molar-refractivity contribution in [2.75, 3.05) is 0 Å². The molecule has 1 aliphatic carbocycles. The number of nitrogens with one attached hydrogen (secondary N) is 1. The van der Waals surface area contributed by atoms with Crippen LogP contribution in [0, 0.1) is 6.92 Å². The third-order valence-corrected chi connectivity index (χ3v) is 5.44. The van der Waals surface area contributed by atoms with Crippen LogP contribution in [0.4, 0.5) is 0 Å². The number of carbonyl (C=O) groups is 1. The number of hydrogen-bond donors (Lipinski definition) is 2. The van der Waals surface area contributed by atoms with Crippen LogP contribution in [0.1, 0.15) is 61.8 Å². The first-order valence-electron chi connectivity index (χ1n) is 9.90. The molecule has 0 bridgehead atoms. The number of carbonyl (C=O) groups excluding carboxylic acids is 1. The van der Waals surface area contributed by atoms with Gasteiger partial charge in [0.2, 0.25) is 0 Å². The van der Waals surface area contributed by atoms with E-state index in [1.807, 2.05) is 13.0 Å². The molecule has 3 N–H and O–H groups in total.